The molecule has 0 unspecified atom stereocenters. The van der Waals surface area contributed by atoms with Crippen LogP contribution in [0.4, 0.5) is 10.1 Å². The summed E-state index contributed by atoms with van der Waals surface area (Å²) in [7, 11) is -2.41. The fourth-order valence-electron chi connectivity index (χ4n) is 2.91. The highest BCUT2D eigenvalue weighted by molar-refractivity contribution is 7.92. The lowest BCUT2D eigenvalue weighted by atomic mass is 10.1. The lowest BCUT2D eigenvalue weighted by Gasteiger charge is -2.31. The van der Waals surface area contributed by atoms with Gasteiger partial charge in [0.15, 0.2) is 0 Å². The zero-order valence-electron chi connectivity index (χ0n) is 15.0. The molecular weight excluding hydrogens is 365 g/mol. The molecule has 6 heteroatoms. The lowest BCUT2D eigenvalue weighted by molar-refractivity contribution is 0.415. The van der Waals surface area contributed by atoms with Crippen LogP contribution in [-0.2, 0) is 10.0 Å². The van der Waals surface area contributed by atoms with Gasteiger partial charge in [-0.25, -0.2) is 12.8 Å². The quantitative estimate of drug-likeness (QED) is 0.613. The molecule has 0 saturated heterocycles. The highest BCUT2D eigenvalue weighted by Gasteiger charge is 2.30. The molecule has 0 radical (unpaired) electrons. The number of hydrogen-bond acceptors (Lipinski definition) is 3. The third-order valence-electron chi connectivity index (χ3n) is 4.31. The second kappa shape index (κ2) is 7.80. The first-order chi connectivity index (χ1) is 12.9. The van der Waals surface area contributed by atoms with Crippen molar-refractivity contribution in [1.29, 1.82) is 0 Å². The molecule has 0 aliphatic heterocycles. The van der Waals surface area contributed by atoms with Gasteiger partial charge in [-0.2, -0.15) is 0 Å². The first-order valence-corrected chi connectivity index (χ1v) is 9.86. The Bertz CT molecular complexity index is 1010. The molecule has 3 aromatic rings. The van der Waals surface area contributed by atoms with Gasteiger partial charge < -0.3 is 4.74 Å². The second-order valence-corrected chi connectivity index (χ2v) is 7.86. The van der Waals surface area contributed by atoms with E-state index in [-0.39, 0.29) is 4.90 Å². The standard InChI is InChI=1S/C21H20FNO3S/c1-16(17-7-4-3-5-8-17)23(19-9-6-10-20(15-19)26-2)27(24,25)21-13-11-18(22)12-14-21/h3-16H,1-2H3/t16-/m1/s1. The summed E-state index contributed by atoms with van der Waals surface area (Å²) in [6.45, 7) is 1.82. The number of rotatable bonds is 6. The molecule has 0 amide bonds. The second-order valence-electron chi connectivity index (χ2n) is 6.04. The van der Waals surface area contributed by atoms with Crippen LogP contribution in [0.2, 0.25) is 0 Å². The molecule has 27 heavy (non-hydrogen) atoms. The fourth-order valence-corrected chi connectivity index (χ4v) is 4.54. The largest absolute Gasteiger partial charge is 0.497 e. The Morgan fingerprint density at radius 2 is 1.59 bits per heavy atom. The molecule has 140 valence electrons. The van der Waals surface area contributed by atoms with Gasteiger partial charge in [-0.15, -0.1) is 0 Å². The molecule has 3 rings (SSSR count). The third-order valence-corrected chi connectivity index (χ3v) is 6.22. The zero-order valence-corrected chi connectivity index (χ0v) is 15.9. The number of anilines is 1. The fraction of sp³-hybridized carbons (Fsp3) is 0.143. The minimum Gasteiger partial charge on any atom is -0.497 e. The van der Waals surface area contributed by atoms with E-state index in [1.165, 1.54) is 23.5 Å². The maximum atomic E-state index is 13.4. The van der Waals surface area contributed by atoms with E-state index >= 15 is 0 Å². The number of nitrogens with zero attached hydrogens (tertiary/aromatic N) is 1. The predicted molar refractivity (Wildman–Crippen MR) is 104 cm³/mol. The summed E-state index contributed by atoms with van der Waals surface area (Å²) in [6, 6.07) is 20.6. The normalized spacial score (nSPS) is 12.4. The van der Waals surface area contributed by atoms with Crippen LogP contribution in [-0.4, -0.2) is 15.5 Å². The van der Waals surface area contributed by atoms with Crippen molar-refractivity contribution in [3.8, 4) is 5.75 Å². The van der Waals surface area contributed by atoms with Crippen LogP contribution < -0.4 is 9.04 Å². The maximum absolute atomic E-state index is 13.4. The van der Waals surface area contributed by atoms with Crippen molar-refractivity contribution in [2.24, 2.45) is 0 Å². The summed E-state index contributed by atoms with van der Waals surface area (Å²) >= 11 is 0. The van der Waals surface area contributed by atoms with Gasteiger partial charge in [-0.05, 0) is 48.9 Å². The first-order valence-electron chi connectivity index (χ1n) is 8.42. The summed E-state index contributed by atoms with van der Waals surface area (Å²) in [5.74, 6) is 0.0602. The Hall–Kier alpha value is -2.86. The van der Waals surface area contributed by atoms with E-state index in [9.17, 15) is 12.8 Å². The molecule has 0 aromatic heterocycles. The topological polar surface area (TPSA) is 46.6 Å². The molecule has 0 bridgehead atoms. The van der Waals surface area contributed by atoms with Crippen molar-refractivity contribution in [1.82, 2.24) is 0 Å². The molecular formula is C21H20FNO3S. The molecule has 0 spiro atoms. The Labute approximate surface area is 158 Å². The van der Waals surface area contributed by atoms with Gasteiger partial charge in [0.25, 0.3) is 10.0 Å². The summed E-state index contributed by atoms with van der Waals surface area (Å²) in [4.78, 5) is 0.0227. The minimum atomic E-state index is -3.93. The molecule has 0 fully saturated rings. The number of ether oxygens (including phenoxy) is 1. The van der Waals surface area contributed by atoms with E-state index < -0.39 is 21.9 Å². The molecule has 0 aliphatic carbocycles. The van der Waals surface area contributed by atoms with Crippen molar-refractivity contribution < 1.29 is 17.5 Å². The number of sulfonamides is 1. The van der Waals surface area contributed by atoms with Crippen molar-refractivity contribution in [2.45, 2.75) is 17.9 Å². The molecule has 0 N–H and O–H groups in total. The summed E-state index contributed by atoms with van der Waals surface area (Å²) in [6.07, 6.45) is 0. The smallest absolute Gasteiger partial charge is 0.264 e. The molecule has 1 atom stereocenters. The first kappa shape index (κ1) is 18.9. The Morgan fingerprint density at radius 3 is 2.22 bits per heavy atom. The molecule has 3 aromatic carbocycles. The van der Waals surface area contributed by atoms with Gasteiger partial charge in [0.2, 0.25) is 0 Å². The Kier molecular flexibility index (Phi) is 5.46. The molecule has 0 aliphatic rings. The number of benzene rings is 3. The molecule has 4 nitrogen and oxygen atoms in total. The number of halogens is 1. The predicted octanol–water partition coefficient (Wildman–Crippen LogP) is 4.79. The monoisotopic (exact) mass is 385 g/mol. The van der Waals surface area contributed by atoms with E-state index in [4.69, 9.17) is 4.74 Å². The number of hydrogen-bond donors (Lipinski definition) is 0. The van der Waals surface area contributed by atoms with E-state index in [2.05, 4.69) is 0 Å². The van der Waals surface area contributed by atoms with Crippen molar-refractivity contribution >= 4 is 15.7 Å². The van der Waals surface area contributed by atoms with E-state index in [0.29, 0.717) is 11.4 Å². The molecule has 0 heterocycles. The van der Waals surface area contributed by atoms with Gasteiger partial charge in [0.1, 0.15) is 11.6 Å². The summed E-state index contributed by atoms with van der Waals surface area (Å²) < 4.78 is 46.7. The van der Waals surface area contributed by atoms with Crippen molar-refractivity contribution in [2.75, 3.05) is 11.4 Å². The van der Waals surface area contributed by atoms with E-state index in [1.54, 1.807) is 24.3 Å². The van der Waals surface area contributed by atoms with Gasteiger partial charge in [-0.1, -0.05) is 36.4 Å². The van der Waals surface area contributed by atoms with Crippen molar-refractivity contribution in [3.05, 3.63) is 90.2 Å². The van der Waals surface area contributed by atoms with Crippen LogP contribution in [0, 0.1) is 5.82 Å². The summed E-state index contributed by atoms with van der Waals surface area (Å²) in [5.41, 5.74) is 1.31. The Morgan fingerprint density at radius 1 is 0.926 bits per heavy atom. The molecule has 0 saturated carbocycles. The lowest BCUT2D eigenvalue weighted by Crippen LogP contribution is -2.33. The number of methoxy groups -OCH3 is 1. The Balaban J connectivity index is 2.16. The average Bonchev–Trinajstić information content (AvgIpc) is 2.69. The highest BCUT2D eigenvalue weighted by Crippen LogP contribution is 2.34. The van der Waals surface area contributed by atoms with Crippen LogP contribution in [0.1, 0.15) is 18.5 Å². The van der Waals surface area contributed by atoms with Crippen molar-refractivity contribution in [3.63, 3.8) is 0 Å². The van der Waals surface area contributed by atoms with E-state index in [0.717, 1.165) is 17.7 Å². The van der Waals surface area contributed by atoms with Crippen LogP contribution in [0.25, 0.3) is 0 Å². The van der Waals surface area contributed by atoms with Gasteiger partial charge in [0, 0.05) is 6.07 Å². The van der Waals surface area contributed by atoms with Gasteiger partial charge >= 0.3 is 0 Å². The van der Waals surface area contributed by atoms with Gasteiger partial charge in [0.05, 0.1) is 23.7 Å². The third kappa shape index (κ3) is 3.95. The maximum Gasteiger partial charge on any atom is 0.264 e. The van der Waals surface area contributed by atoms with Crippen LogP contribution >= 0.6 is 0 Å². The van der Waals surface area contributed by atoms with Crippen LogP contribution in [0.5, 0.6) is 5.75 Å². The highest BCUT2D eigenvalue weighted by atomic mass is 32.2. The average molecular weight is 385 g/mol. The van der Waals surface area contributed by atoms with E-state index in [1.807, 2.05) is 37.3 Å². The minimum absolute atomic E-state index is 0.0227. The SMILES string of the molecule is COc1cccc(N([C@H](C)c2ccccc2)S(=O)(=O)c2ccc(F)cc2)c1. The van der Waals surface area contributed by atoms with Gasteiger partial charge in [-0.3, -0.25) is 4.31 Å². The summed E-state index contributed by atoms with van der Waals surface area (Å²) in [5, 5.41) is 0. The van der Waals surface area contributed by atoms with Crippen LogP contribution in [0.15, 0.2) is 83.8 Å². The zero-order chi connectivity index (χ0) is 19.4. The van der Waals surface area contributed by atoms with Crippen LogP contribution in [0.3, 0.4) is 0 Å².